The molecule has 2 aromatic rings. The van der Waals surface area contributed by atoms with E-state index in [0.717, 1.165) is 22.8 Å². The SMILES string of the molecule is CNc1nc(CCNC(=O)Cc2cccc(C)c2)cs1. The van der Waals surface area contributed by atoms with E-state index in [1.54, 1.807) is 11.3 Å². The van der Waals surface area contributed by atoms with Crippen molar-refractivity contribution in [3.8, 4) is 0 Å². The molecule has 4 nitrogen and oxygen atoms in total. The van der Waals surface area contributed by atoms with Crippen LogP contribution in [0.25, 0.3) is 0 Å². The average molecular weight is 289 g/mol. The summed E-state index contributed by atoms with van der Waals surface area (Å²) >= 11 is 1.58. The van der Waals surface area contributed by atoms with Gasteiger partial charge in [-0.25, -0.2) is 4.98 Å². The zero-order valence-corrected chi connectivity index (χ0v) is 12.6. The smallest absolute Gasteiger partial charge is 0.224 e. The Morgan fingerprint density at radius 3 is 2.95 bits per heavy atom. The van der Waals surface area contributed by atoms with Crippen molar-refractivity contribution in [2.45, 2.75) is 19.8 Å². The van der Waals surface area contributed by atoms with Crippen LogP contribution in [0.5, 0.6) is 0 Å². The molecule has 0 radical (unpaired) electrons. The molecule has 0 fully saturated rings. The van der Waals surface area contributed by atoms with Gasteiger partial charge in [0.25, 0.3) is 0 Å². The average Bonchev–Trinajstić information content (AvgIpc) is 2.86. The molecule has 0 aliphatic carbocycles. The lowest BCUT2D eigenvalue weighted by molar-refractivity contribution is -0.120. The molecule has 0 bridgehead atoms. The Morgan fingerprint density at radius 1 is 1.40 bits per heavy atom. The van der Waals surface area contributed by atoms with Crippen LogP contribution >= 0.6 is 11.3 Å². The van der Waals surface area contributed by atoms with Crippen molar-refractivity contribution in [1.82, 2.24) is 10.3 Å². The standard InChI is InChI=1S/C15H19N3OS/c1-11-4-3-5-12(8-11)9-14(19)17-7-6-13-10-20-15(16-2)18-13/h3-5,8,10H,6-7,9H2,1-2H3,(H,16,18)(H,17,19). The number of carbonyl (C=O) groups excluding carboxylic acids is 1. The van der Waals surface area contributed by atoms with Gasteiger partial charge in [-0.2, -0.15) is 0 Å². The van der Waals surface area contributed by atoms with Crippen molar-refractivity contribution in [2.75, 3.05) is 18.9 Å². The maximum atomic E-state index is 11.8. The Balaban J connectivity index is 1.75. The van der Waals surface area contributed by atoms with Crippen LogP contribution in [0.4, 0.5) is 5.13 Å². The molecule has 0 aliphatic rings. The molecule has 0 unspecified atom stereocenters. The second kappa shape index (κ2) is 7.05. The molecule has 1 amide bonds. The Labute approximate surface area is 123 Å². The summed E-state index contributed by atoms with van der Waals surface area (Å²) in [5.74, 6) is 0.0552. The Hall–Kier alpha value is -1.88. The Bertz CT molecular complexity index is 580. The van der Waals surface area contributed by atoms with Crippen LogP contribution in [-0.4, -0.2) is 24.5 Å². The lowest BCUT2D eigenvalue weighted by atomic mass is 10.1. The van der Waals surface area contributed by atoms with E-state index >= 15 is 0 Å². The summed E-state index contributed by atoms with van der Waals surface area (Å²) < 4.78 is 0. The molecule has 0 atom stereocenters. The van der Waals surface area contributed by atoms with Gasteiger partial charge in [0.2, 0.25) is 5.91 Å². The highest BCUT2D eigenvalue weighted by Gasteiger charge is 2.04. The van der Waals surface area contributed by atoms with E-state index in [2.05, 4.69) is 15.6 Å². The molecule has 1 heterocycles. The van der Waals surface area contributed by atoms with Crippen molar-refractivity contribution < 1.29 is 4.79 Å². The summed E-state index contributed by atoms with van der Waals surface area (Å²) in [6.07, 6.45) is 1.19. The highest BCUT2D eigenvalue weighted by Crippen LogP contribution is 2.14. The molecular formula is C15H19N3OS. The molecule has 0 saturated carbocycles. The highest BCUT2D eigenvalue weighted by atomic mass is 32.1. The molecule has 106 valence electrons. The summed E-state index contributed by atoms with van der Waals surface area (Å²) in [6, 6.07) is 8.03. The summed E-state index contributed by atoms with van der Waals surface area (Å²) in [5.41, 5.74) is 3.24. The van der Waals surface area contributed by atoms with Crippen LogP contribution in [0.1, 0.15) is 16.8 Å². The first kappa shape index (κ1) is 14.5. The van der Waals surface area contributed by atoms with E-state index < -0.39 is 0 Å². The number of hydrogen-bond acceptors (Lipinski definition) is 4. The summed E-state index contributed by atoms with van der Waals surface area (Å²) in [4.78, 5) is 16.2. The minimum absolute atomic E-state index is 0.0552. The second-order valence-corrected chi connectivity index (χ2v) is 5.52. The fourth-order valence-corrected chi connectivity index (χ4v) is 2.64. The molecule has 0 saturated heterocycles. The van der Waals surface area contributed by atoms with Crippen molar-refractivity contribution >= 4 is 22.4 Å². The maximum Gasteiger partial charge on any atom is 0.224 e. The van der Waals surface area contributed by atoms with E-state index in [4.69, 9.17) is 0 Å². The fraction of sp³-hybridized carbons (Fsp3) is 0.333. The van der Waals surface area contributed by atoms with Crippen molar-refractivity contribution in [3.05, 3.63) is 46.5 Å². The lowest BCUT2D eigenvalue weighted by Crippen LogP contribution is -2.27. The number of hydrogen-bond donors (Lipinski definition) is 2. The topological polar surface area (TPSA) is 54.0 Å². The fourth-order valence-electron chi connectivity index (χ4n) is 1.94. The largest absolute Gasteiger partial charge is 0.365 e. The van der Waals surface area contributed by atoms with Gasteiger partial charge in [-0.15, -0.1) is 11.3 Å². The number of rotatable bonds is 6. The van der Waals surface area contributed by atoms with Crippen LogP contribution in [-0.2, 0) is 17.6 Å². The summed E-state index contributed by atoms with van der Waals surface area (Å²) in [6.45, 7) is 2.65. The first-order chi connectivity index (χ1) is 9.67. The van der Waals surface area contributed by atoms with Gasteiger partial charge in [0, 0.05) is 25.4 Å². The minimum atomic E-state index is 0.0552. The third-order valence-electron chi connectivity index (χ3n) is 2.92. The van der Waals surface area contributed by atoms with E-state index in [1.807, 2.05) is 43.6 Å². The number of aryl methyl sites for hydroxylation is 1. The first-order valence-corrected chi connectivity index (χ1v) is 7.50. The highest BCUT2D eigenvalue weighted by molar-refractivity contribution is 7.13. The molecular weight excluding hydrogens is 270 g/mol. The van der Waals surface area contributed by atoms with Crippen LogP contribution in [0, 0.1) is 6.92 Å². The van der Waals surface area contributed by atoms with Gasteiger partial charge in [-0.3, -0.25) is 4.79 Å². The third-order valence-corrected chi connectivity index (χ3v) is 3.82. The number of aromatic nitrogens is 1. The lowest BCUT2D eigenvalue weighted by Gasteiger charge is -2.05. The third kappa shape index (κ3) is 4.35. The number of carbonyl (C=O) groups is 1. The summed E-state index contributed by atoms with van der Waals surface area (Å²) in [5, 5.41) is 8.86. The number of nitrogens with zero attached hydrogens (tertiary/aromatic N) is 1. The first-order valence-electron chi connectivity index (χ1n) is 6.62. The minimum Gasteiger partial charge on any atom is -0.365 e. The zero-order valence-electron chi connectivity index (χ0n) is 11.8. The van der Waals surface area contributed by atoms with Gasteiger partial charge in [0.1, 0.15) is 0 Å². The predicted octanol–water partition coefficient (Wildman–Crippen LogP) is 2.39. The zero-order chi connectivity index (χ0) is 14.4. The van der Waals surface area contributed by atoms with Crippen LogP contribution < -0.4 is 10.6 Å². The molecule has 2 rings (SSSR count). The number of anilines is 1. The van der Waals surface area contributed by atoms with E-state index in [9.17, 15) is 4.79 Å². The molecule has 0 aliphatic heterocycles. The number of nitrogens with one attached hydrogen (secondary N) is 2. The Kier molecular flexibility index (Phi) is 5.12. The second-order valence-electron chi connectivity index (χ2n) is 4.66. The summed E-state index contributed by atoms with van der Waals surface area (Å²) in [7, 11) is 1.85. The molecule has 0 spiro atoms. The monoisotopic (exact) mass is 289 g/mol. The van der Waals surface area contributed by atoms with Gasteiger partial charge < -0.3 is 10.6 Å². The molecule has 1 aromatic carbocycles. The van der Waals surface area contributed by atoms with Crippen molar-refractivity contribution in [3.63, 3.8) is 0 Å². The van der Waals surface area contributed by atoms with Crippen LogP contribution in [0.2, 0.25) is 0 Å². The van der Waals surface area contributed by atoms with Crippen molar-refractivity contribution in [2.24, 2.45) is 0 Å². The van der Waals surface area contributed by atoms with Gasteiger partial charge in [-0.05, 0) is 12.5 Å². The maximum absolute atomic E-state index is 11.8. The van der Waals surface area contributed by atoms with Crippen LogP contribution in [0.3, 0.4) is 0 Å². The molecule has 2 N–H and O–H groups in total. The predicted molar refractivity (Wildman–Crippen MR) is 83.3 cm³/mol. The number of thiazole rings is 1. The van der Waals surface area contributed by atoms with Crippen LogP contribution in [0.15, 0.2) is 29.6 Å². The van der Waals surface area contributed by atoms with E-state index in [-0.39, 0.29) is 5.91 Å². The van der Waals surface area contributed by atoms with Gasteiger partial charge in [0.05, 0.1) is 12.1 Å². The normalized spacial score (nSPS) is 10.3. The molecule has 1 aromatic heterocycles. The van der Waals surface area contributed by atoms with Gasteiger partial charge in [-0.1, -0.05) is 29.8 Å². The van der Waals surface area contributed by atoms with Crippen molar-refractivity contribution in [1.29, 1.82) is 0 Å². The molecule has 20 heavy (non-hydrogen) atoms. The van der Waals surface area contributed by atoms with E-state index in [1.165, 1.54) is 5.56 Å². The quantitative estimate of drug-likeness (QED) is 0.858. The number of amides is 1. The number of benzene rings is 1. The molecule has 5 heteroatoms. The Morgan fingerprint density at radius 2 is 2.25 bits per heavy atom. The van der Waals surface area contributed by atoms with Gasteiger partial charge in [0.15, 0.2) is 5.13 Å². The van der Waals surface area contributed by atoms with E-state index in [0.29, 0.717) is 13.0 Å². The van der Waals surface area contributed by atoms with Gasteiger partial charge >= 0.3 is 0 Å².